The van der Waals surface area contributed by atoms with Gasteiger partial charge in [-0.1, -0.05) is 13.8 Å². The van der Waals surface area contributed by atoms with Crippen LogP contribution in [0.25, 0.3) is 0 Å². The van der Waals surface area contributed by atoms with Crippen LogP contribution in [-0.4, -0.2) is 23.9 Å². The first-order chi connectivity index (χ1) is 9.30. The van der Waals surface area contributed by atoms with E-state index in [1.165, 1.54) is 18.2 Å². The van der Waals surface area contributed by atoms with Gasteiger partial charge in [0, 0.05) is 23.5 Å². The molecular weight excluding hydrogens is 273 g/mol. The molecule has 1 saturated carbocycles. The van der Waals surface area contributed by atoms with Crippen LogP contribution in [0.3, 0.4) is 0 Å². The van der Waals surface area contributed by atoms with Gasteiger partial charge in [-0.2, -0.15) is 0 Å². The van der Waals surface area contributed by atoms with Crippen LogP contribution >= 0.6 is 12.6 Å². The van der Waals surface area contributed by atoms with Crippen molar-refractivity contribution in [2.75, 3.05) is 7.05 Å². The third-order valence-electron chi connectivity index (χ3n) is 4.37. The van der Waals surface area contributed by atoms with E-state index >= 15 is 0 Å². The van der Waals surface area contributed by atoms with Gasteiger partial charge >= 0.3 is 0 Å². The molecular formula is C16H22FNOS. The Bertz CT molecular complexity index is 505. The molecule has 110 valence electrons. The first kappa shape index (κ1) is 15.4. The van der Waals surface area contributed by atoms with Crippen molar-refractivity contribution in [2.24, 2.45) is 5.41 Å². The zero-order valence-electron chi connectivity index (χ0n) is 12.3. The van der Waals surface area contributed by atoms with Crippen LogP contribution in [-0.2, 0) is 0 Å². The molecule has 20 heavy (non-hydrogen) atoms. The van der Waals surface area contributed by atoms with Gasteiger partial charge in [0.05, 0.1) is 0 Å². The lowest BCUT2D eigenvalue weighted by Crippen LogP contribution is -2.40. The van der Waals surface area contributed by atoms with Crippen LogP contribution in [0.4, 0.5) is 4.39 Å². The molecule has 0 heterocycles. The highest BCUT2D eigenvalue weighted by molar-refractivity contribution is 7.80. The summed E-state index contributed by atoms with van der Waals surface area (Å²) in [6.45, 7) is 4.55. The number of carbonyl (C=O) groups is 1. The number of thiol groups is 1. The van der Waals surface area contributed by atoms with Gasteiger partial charge in [-0.05, 0) is 49.3 Å². The monoisotopic (exact) mass is 295 g/mol. The summed E-state index contributed by atoms with van der Waals surface area (Å²) in [5.41, 5.74) is 0.887. The molecule has 1 aliphatic carbocycles. The third-order valence-corrected chi connectivity index (χ3v) is 4.71. The Hall–Kier alpha value is -1.03. The van der Waals surface area contributed by atoms with Crippen molar-refractivity contribution in [3.63, 3.8) is 0 Å². The molecule has 4 heteroatoms. The topological polar surface area (TPSA) is 20.3 Å². The molecule has 1 aliphatic rings. The lowest BCUT2D eigenvalue weighted by atomic mass is 9.75. The van der Waals surface area contributed by atoms with Crippen molar-refractivity contribution in [3.05, 3.63) is 29.6 Å². The van der Waals surface area contributed by atoms with Crippen molar-refractivity contribution in [1.29, 1.82) is 0 Å². The SMILES string of the molecule is CN(C(=O)c1ccc(F)c(S)c1)C1CCC(C)(C)CC1. The molecule has 1 aromatic carbocycles. The molecule has 0 unspecified atom stereocenters. The first-order valence-corrected chi connectivity index (χ1v) is 7.50. The second kappa shape index (κ2) is 5.76. The molecule has 0 atom stereocenters. The fourth-order valence-electron chi connectivity index (χ4n) is 2.79. The van der Waals surface area contributed by atoms with E-state index in [2.05, 4.69) is 26.5 Å². The van der Waals surface area contributed by atoms with E-state index in [0.29, 0.717) is 11.0 Å². The Morgan fingerprint density at radius 3 is 2.50 bits per heavy atom. The highest BCUT2D eigenvalue weighted by atomic mass is 32.1. The molecule has 0 aromatic heterocycles. The molecule has 0 aliphatic heterocycles. The zero-order chi connectivity index (χ0) is 14.9. The highest BCUT2D eigenvalue weighted by Crippen LogP contribution is 2.36. The second-order valence-electron chi connectivity index (χ2n) is 6.48. The fraction of sp³-hybridized carbons (Fsp3) is 0.562. The molecule has 1 aromatic rings. The van der Waals surface area contributed by atoms with Crippen LogP contribution in [0.2, 0.25) is 0 Å². The Kier molecular flexibility index (Phi) is 4.43. The molecule has 2 nitrogen and oxygen atoms in total. The zero-order valence-corrected chi connectivity index (χ0v) is 13.2. The molecule has 0 radical (unpaired) electrons. The van der Waals surface area contributed by atoms with E-state index in [0.717, 1.165) is 25.7 Å². The fourth-order valence-corrected chi connectivity index (χ4v) is 3.00. The van der Waals surface area contributed by atoms with Gasteiger partial charge < -0.3 is 4.90 Å². The predicted octanol–water partition coefficient (Wildman–Crippen LogP) is 4.16. The molecule has 2 rings (SSSR count). The number of hydrogen-bond donors (Lipinski definition) is 1. The van der Waals surface area contributed by atoms with E-state index in [4.69, 9.17) is 0 Å². The number of carbonyl (C=O) groups excluding carboxylic acids is 1. The second-order valence-corrected chi connectivity index (χ2v) is 6.96. The van der Waals surface area contributed by atoms with Gasteiger partial charge in [-0.3, -0.25) is 4.79 Å². The normalized spacial score (nSPS) is 18.9. The van der Waals surface area contributed by atoms with Gasteiger partial charge in [0.1, 0.15) is 5.82 Å². The van der Waals surface area contributed by atoms with Crippen LogP contribution in [0, 0.1) is 11.2 Å². The Balaban J connectivity index is 2.07. The van der Waals surface area contributed by atoms with Crippen molar-refractivity contribution >= 4 is 18.5 Å². The lowest BCUT2D eigenvalue weighted by molar-refractivity contribution is 0.0635. The van der Waals surface area contributed by atoms with Gasteiger partial charge in [0.2, 0.25) is 0 Å². The van der Waals surface area contributed by atoms with Crippen molar-refractivity contribution in [2.45, 2.75) is 50.5 Å². The minimum atomic E-state index is -0.396. The van der Waals surface area contributed by atoms with E-state index in [1.807, 2.05) is 7.05 Å². The van der Waals surface area contributed by atoms with Crippen LogP contribution in [0.1, 0.15) is 49.9 Å². The summed E-state index contributed by atoms with van der Waals surface area (Å²) >= 11 is 4.03. The van der Waals surface area contributed by atoms with Crippen molar-refractivity contribution in [1.82, 2.24) is 4.90 Å². The van der Waals surface area contributed by atoms with Crippen LogP contribution in [0.5, 0.6) is 0 Å². The standard InChI is InChI=1S/C16H22FNOS/c1-16(2)8-6-12(7-9-16)18(3)15(19)11-4-5-13(17)14(20)10-11/h4-5,10,12,20H,6-9H2,1-3H3. The molecule has 1 fully saturated rings. The molecule has 0 spiro atoms. The smallest absolute Gasteiger partial charge is 0.253 e. The maximum atomic E-state index is 13.2. The summed E-state index contributed by atoms with van der Waals surface area (Å²) in [5, 5.41) is 0. The molecule has 0 N–H and O–H groups in total. The first-order valence-electron chi connectivity index (χ1n) is 7.06. The Morgan fingerprint density at radius 2 is 1.95 bits per heavy atom. The number of nitrogens with zero attached hydrogens (tertiary/aromatic N) is 1. The van der Waals surface area contributed by atoms with Crippen molar-refractivity contribution < 1.29 is 9.18 Å². The maximum Gasteiger partial charge on any atom is 0.253 e. The minimum Gasteiger partial charge on any atom is -0.339 e. The third kappa shape index (κ3) is 3.35. The van der Waals surface area contributed by atoms with E-state index in [-0.39, 0.29) is 16.8 Å². The number of rotatable bonds is 2. The summed E-state index contributed by atoms with van der Waals surface area (Å²) in [6.07, 6.45) is 4.33. The van der Waals surface area contributed by atoms with Gasteiger partial charge in [0.25, 0.3) is 5.91 Å². The van der Waals surface area contributed by atoms with Crippen LogP contribution < -0.4 is 0 Å². The summed E-state index contributed by atoms with van der Waals surface area (Å²) in [6, 6.07) is 4.61. The summed E-state index contributed by atoms with van der Waals surface area (Å²) in [4.78, 5) is 14.5. The Labute approximate surface area is 125 Å². The van der Waals surface area contributed by atoms with E-state index in [9.17, 15) is 9.18 Å². The van der Waals surface area contributed by atoms with Gasteiger partial charge in [-0.15, -0.1) is 12.6 Å². The van der Waals surface area contributed by atoms with Crippen molar-refractivity contribution in [3.8, 4) is 0 Å². The van der Waals surface area contributed by atoms with Gasteiger partial charge in [-0.25, -0.2) is 4.39 Å². The number of amides is 1. The van der Waals surface area contributed by atoms with E-state index < -0.39 is 5.82 Å². The summed E-state index contributed by atoms with van der Waals surface area (Å²) in [7, 11) is 1.84. The number of halogens is 1. The Morgan fingerprint density at radius 1 is 1.35 bits per heavy atom. The minimum absolute atomic E-state index is 0.0509. The maximum absolute atomic E-state index is 13.2. The predicted molar refractivity (Wildman–Crippen MR) is 81.8 cm³/mol. The molecule has 0 saturated heterocycles. The van der Waals surface area contributed by atoms with Gasteiger partial charge in [0.15, 0.2) is 0 Å². The average molecular weight is 295 g/mol. The van der Waals surface area contributed by atoms with E-state index in [1.54, 1.807) is 4.90 Å². The van der Waals surface area contributed by atoms with Crippen LogP contribution in [0.15, 0.2) is 23.1 Å². The number of benzene rings is 1. The summed E-state index contributed by atoms with van der Waals surface area (Å²) < 4.78 is 13.2. The average Bonchev–Trinajstić information content (AvgIpc) is 2.40. The lowest BCUT2D eigenvalue weighted by Gasteiger charge is -2.38. The summed E-state index contributed by atoms with van der Waals surface area (Å²) in [5.74, 6) is -0.447. The highest BCUT2D eigenvalue weighted by Gasteiger charge is 2.30. The molecule has 1 amide bonds. The molecule has 0 bridgehead atoms. The number of hydrogen-bond acceptors (Lipinski definition) is 2. The quantitative estimate of drug-likeness (QED) is 0.813. The largest absolute Gasteiger partial charge is 0.339 e.